The second kappa shape index (κ2) is 4.72. The molecule has 0 aromatic heterocycles. The van der Waals surface area contributed by atoms with Crippen LogP contribution in [0.15, 0.2) is 18.2 Å². The molecule has 0 spiro atoms. The third-order valence-electron chi connectivity index (χ3n) is 1.77. The molecule has 0 aliphatic carbocycles. The lowest BCUT2D eigenvalue weighted by Gasteiger charge is -2.01. The number of nitrogens with two attached hydrogens (primary N) is 2. The van der Waals surface area contributed by atoms with Gasteiger partial charge in [-0.3, -0.25) is 0 Å². The molecule has 0 unspecified atom stereocenters. The van der Waals surface area contributed by atoms with Crippen molar-refractivity contribution < 1.29 is 8.78 Å². The van der Waals surface area contributed by atoms with E-state index in [2.05, 4.69) is 0 Å². The van der Waals surface area contributed by atoms with Crippen LogP contribution in [0.1, 0.15) is 12.0 Å². The summed E-state index contributed by atoms with van der Waals surface area (Å²) >= 11 is 0. The standard InChI is InChI=1S/C10H12F2N2/c11-8-4-5-9(14)10(12)7(8)3-1-2-6-13/h1,3-5H,2,6,13-14H2. The normalized spacial score (nSPS) is 11.1. The van der Waals surface area contributed by atoms with Crippen LogP contribution in [0.2, 0.25) is 0 Å². The van der Waals surface area contributed by atoms with Crippen molar-refractivity contribution in [1.29, 1.82) is 0 Å². The van der Waals surface area contributed by atoms with E-state index < -0.39 is 11.6 Å². The Hall–Kier alpha value is -1.42. The molecule has 0 aliphatic rings. The first-order chi connectivity index (χ1) is 6.66. The lowest BCUT2D eigenvalue weighted by atomic mass is 10.1. The average molecular weight is 198 g/mol. The topological polar surface area (TPSA) is 52.0 Å². The third kappa shape index (κ3) is 2.29. The van der Waals surface area contributed by atoms with Crippen molar-refractivity contribution in [3.05, 3.63) is 35.4 Å². The van der Waals surface area contributed by atoms with Gasteiger partial charge in [0, 0.05) is 5.56 Å². The maximum atomic E-state index is 13.2. The lowest BCUT2D eigenvalue weighted by Crippen LogP contribution is -1.97. The van der Waals surface area contributed by atoms with Crippen LogP contribution in [0.25, 0.3) is 6.08 Å². The van der Waals surface area contributed by atoms with E-state index in [1.165, 1.54) is 12.1 Å². The molecule has 76 valence electrons. The van der Waals surface area contributed by atoms with Gasteiger partial charge in [-0.25, -0.2) is 8.78 Å². The second-order valence-corrected chi connectivity index (χ2v) is 2.84. The number of benzene rings is 1. The van der Waals surface area contributed by atoms with Crippen LogP contribution in [-0.2, 0) is 0 Å². The molecule has 0 saturated heterocycles. The van der Waals surface area contributed by atoms with Crippen LogP contribution in [-0.4, -0.2) is 6.54 Å². The van der Waals surface area contributed by atoms with Gasteiger partial charge in [0.2, 0.25) is 0 Å². The summed E-state index contributed by atoms with van der Waals surface area (Å²) in [5.74, 6) is -1.34. The predicted octanol–water partition coefficient (Wildman–Crippen LogP) is 1.91. The minimum atomic E-state index is -0.724. The quantitative estimate of drug-likeness (QED) is 0.729. The predicted molar refractivity (Wildman–Crippen MR) is 53.5 cm³/mol. The molecule has 1 aromatic rings. The van der Waals surface area contributed by atoms with Crippen molar-refractivity contribution >= 4 is 11.8 Å². The van der Waals surface area contributed by atoms with E-state index in [4.69, 9.17) is 11.5 Å². The maximum absolute atomic E-state index is 13.2. The molecule has 1 aromatic carbocycles. The van der Waals surface area contributed by atoms with E-state index in [1.807, 2.05) is 0 Å². The molecule has 0 amide bonds. The van der Waals surface area contributed by atoms with Crippen molar-refractivity contribution in [2.45, 2.75) is 6.42 Å². The highest BCUT2D eigenvalue weighted by Gasteiger charge is 2.08. The highest BCUT2D eigenvalue weighted by molar-refractivity contribution is 5.57. The molecular weight excluding hydrogens is 186 g/mol. The van der Waals surface area contributed by atoms with Gasteiger partial charge in [0.25, 0.3) is 0 Å². The Kier molecular flexibility index (Phi) is 3.59. The Morgan fingerprint density at radius 3 is 2.64 bits per heavy atom. The Bertz CT molecular complexity index is 348. The minimum absolute atomic E-state index is 0.0567. The zero-order valence-electron chi connectivity index (χ0n) is 7.63. The maximum Gasteiger partial charge on any atom is 0.156 e. The van der Waals surface area contributed by atoms with Gasteiger partial charge >= 0.3 is 0 Å². The Morgan fingerprint density at radius 2 is 2.00 bits per heavy atom. The zero-order chi connectivity index (χ0) is 10.6. The van der Waals surface area contributed by atoms with E-state index >= 15 is 0 Å². The monoisotopic (exact) mass is 198 g/mol. The van der Waals surface area contributed by atoms with Gasteiger partial charge in [0.15, 0.2) is 5.82 Å². The SMILES string of the molecule is NCCC=Cc1c(F)ccc(N)c1F. The van der Waals surface area contributed by atoms with Gasteiger partial charge in [0.05, 0.1) is 5.69 Å². The minimum Gasteiger partial charge on any atom is -0.396 e. The van der Waals surface area contributed by atoms with Crippen LogP contribution in [0.3, 0.4) is 0 Å². The van der Waals surface area contributed by atoms with E-state index in [1.54, 1.807) is 6.08 Å². The zero-order valence-corrected chi connectivity index (χ0v) is 7.63. The van der Waals surface area contributed by atoms with Crippen LogP contribution < -0.4 is 11.5 Å². The molecule has 2 nitrogen and oxygen atoms in total. The first-order valence-corrected chi connectivity index (χ1v) is 4.27. The van der Waals surface area contributed by atoms with Crippen LogP contribution >= 0.6 is 0 Å². The van der Waals surface area contributed by atoms with E-state index in [-0.39, 0.29) is 11.3 Å². The fourth-order valence-electron chi connectivity index (χ4n) is 1.04. The fourth-order valence-corrected chi connectivity index (χ4v) is 1.04. The van der Waals surface area contributed by atoms with Gasteiger partial charge in [-0.05, 0) is 25.1 Å². The molecule has 0 radical (unpaired) electrons. The number of rotatable bonds is 3. The fraction of sp³-hybridized carbons (Fsp3) is 0.200. The van der Waals surface area contributed by atoms with E-state index in [0.717, 1.165) is 6.07 Å². The summed E-state index contributed by atoms with van der Waals surface area (Å²) in [6.07, 6.45) is 3.54. The van der Waals surface area contributed by atoms with Crippen molar-refractivity contribution in [1.82, 2.24) is 0 Å². The third-order valence-corrected chi connectivity index (χ3v) is 1.77. The number of hydrogen-bond acceptors (Lipinski definition) is 2. The van der Waals surface area contributed by atoms with Crippen molar-refractivity contribution in [3.63, 3.8) is 0 Å². The molecule has 0 aliphatic heterocycles. The van der Waals surface area contributed by atoms with Crippen LogP contribution in [0.5, 0.6) is 0 Å². The van der Waals surface area contributed by atoms with Crippen molar-refractivity contribution in [2.24, 2.45) is 5.73 Å². The molecule has 0 heterocycles. The van der Waals surface area contributed by atoms with Crippen molar-refractivity contribution in [2.75, 3.05) is 12.3 Å². The number of halogens is 2. The summed E-state index contributed by atoms with van der Waals surface area (Å²) in [5, 5.41) is 0. The summed E-state index contributed by atoms with van der Waals surface area (Å²) in [6.45, 7) is 0.446. The average Bonchev–Trinajstić information content (AvgIpc) is 2.18. The largest absolute Gasteiger partial charge is 0.396 e. The second-order valence-electron chi connectivity index (χ2n) is 2.84. The summed E-state index contributed by atoms with van der Waals surface area (Å²) < 4.78 is 26.3. The first kappa shape index (κ1) is 10.7. The van der Waals surface area contributed by atoms with Crippen LogP contribution in [0, 0.1) is 11.6 Å². The highest BCUT2D eigenvalue weighted by atomic mass is 19.1. The summed E-state index contributed by atoms with van der Waals surface area (Å²) in [7, 11) is 0. The van der Waals surface area contributed by atoms with Gasteiger partial charge in [-0.1, -0.05) is 12.2 Å². The van der Waals surface area contributed by atoms with Gasteiger partial charge in [-0.15, -0.1) is 0 Å². The lowest BCUT2D eigenvalue weighted by molar-refractivity contribution is 0.581. The van der Waals surface area contributed by atoms with E-state index in [0.29, 0.717) is 13.0 Å². The molecule has 4 heteroatoms. The van der Waals surface area contributed by atoms with Crippen LogP contribution in [0.4, 0.5) is 14.5 Å². The molecule has 14 heavy (non-hydrogen) atoms. The number of hydrogen-bond donors (Lipinski definition) is 2. The Labute approximate surface area is 81.2 Å². The van der Waals surface area contributed by atoms with Crippen molar-refractivity contribution in [3.8, 4) is 0 Å². The molecule has 0 bridgehead atoms. The highest BCUT2D eigenvalue weighted by Crippen LogP contribution is 2.19. The smallest absolute Gasteiger partial charge is 0.156 e. The molecule has 4 N–H and O–H groups in total. The molecule has 0 fully saturated rings. The summed E-state index contributed by atoms with van der Waals surface area (Å²) in [4.78, 5) is 0. The molecule has 0 atom stereocenters. The Balaban J connectivity index is 3.00. The molecule has 1 rings (SSSR count). The number of nitrogen functional groups attached to an aromatic ring is 1. The van der Waals surface area contributed by atoms with Gasteiger partial charge in [0.1, 0.15) is 5.82 Å². The summed E-state index contributed by atoms with van der Waals surface area (Å²) in [5.41, 5.74) is 10.4. The molecular formula is C10H12F2N2. The first-order valence-electron chi connectivity index (χ1n) is 4.27. The molecule has 0 saturated carbocycles. The summed E-state index contributed by atoms with van der Waals surface area (Å²) in [6, 6.07) is 2.34. The van der Waals surface area contributed by atoms with E-state index in [9.17, 15) is 8.78 Å². The number of anilines is 1. The van der Waals surface area contributed by atoms with Gasteiger partial charge < -0.3 is 11.5 Å². The Morgan fingerprint density at radius 1 is 1.29 bits per heavy atom. The van der Waals surface area contributed by atoms with Gasteiger partial charge in [-0.2, -0.15) is 0 Å².